The van der Waals surface area contributed by atoms with Crippen LogP contribution in [0.5, 0.6) is 0 Å². The molecule has 0 fully saturated rings. The largest absolute Gasteiger partial charge is 0.369 e. The highest BCUT2D eigenvalue weighted by atomic mass is 32.1. The lowest BCUT2D eigenvalue weighted by molar-refractivity contribution is 0.813. The van der Waals surface area contributed by atoms with Crippen molar-refractivity contribution in [3.63, 3.8) is 0 Å². The summed E-state index contributed by atoms with van der Waals surface area (Å²) in [7, 11) is 0. The van der Waals surface area contributed by atoms with Crippen LogP contribution in [0.25, 0.3) is 0 Å². The topological polar surface area (TPSA) is 43.8 Å². The SMILES string of the molecule is Cc1cc(Cn2ccnc2N)cs1. The number of nitrogens with zero attached hydrogens (tertiary/aromatic N) is 2. The van der Waals surface area contributed by atoms with Crippen LogP contribution in [0.4, 0.5) is 5.95 Å². The number of nitrogen functional groups attached to an aromatic ring is 1. The van der Waals surface area contributed by atoms with Gasteiger partial charge in [-0.15, -0.1) is 11.3 Å². The average Bonchev–Trinajstić information content (AvgIpc) is 2.64. The van der Waals surface area contributed by atoms with Gasteiger partial charge in [0.2, 0.25) is 0 Å². The zero-order valence-electron chi connectivity index (χ0n) is 7.40. The van der Waals surface area contributed by atoms with Gasteiger partial charge in [0, 0.05) is 17.3 Å². The van der Waals surface area contributed by atoms with E-state index in [4.69, 9.17) is 5.73 Å². The molecule has 0 unspecified atom stereocenters. The summed E-state index contributed by atoms with van der Waals surface area (Å²) in [6.45, 7) is 2.92. The van der Waals surface area contributed by atoms with Crippen molar-refractivity contribution in [3.8, 4) is 0 Å². The van der Waals surface area contributed by atoms with E-state index in [1.807, 2.05) is 10.8 Å². The monoisotopic (exact) mass is 193 g/mol. The van der Waals surface area contributed by atoms with Crippen molar-refractivity contribution in [2.24, 2.45) is 0 Å². The fourth-order valence-corrected chi connectivity index (χ4v) is 1.95. The molecule has 0 atom stereocenters. The van der Waals surface area contributed by atoms with E-state index >= 15 is 0 Å². The van der Waals surface area contributed by atoms with Gasteiger partial charge >= 0.3 is 0 Å². The van der Waals surface area contributed by atoms with Gasteiger partial charge in [-0.2, -0.15) is 0 Å². The summed E-state index contributed by atoms with van der Waals surface area (Å²) in [4.78, 5) is 5.29. The van der Waals surface area contributed by atoms with Crippen LogP contribution in [0.1, 0.15) is 10.4 Å². The molecule has 2 aromatic heterocycles. The van der Waals surface area contributed by atoms with Crippen LogP contribution >= 0.6 is 11.3 Å². The fourth-order valence-electron chi connectivity index (χ4n) is 1.25. The minimum Gasteiger partial charge on any atom is -0.369 e. The van der Waals surface area contributed by atoms with E-state index in [0.717, 1.165) is 6.54 Å². The Morgan fingerprint density at radius 2 is 2.46 bits per heavy atom. The zero-order valence-corrected chi connectivity index (χ0v) is 8.21. The van der Waals surface area contributed by atoms with Crippen molar-refractivity contribution in [1.29, 1.82) is 0 Å². The molecule has 3 nitrogen and oxygen atoms in total. The first-order valence-electron chi connectivity index (χ1n) is 4.06. The Bertz CT molecular complexity index is 402. The molecule has 13 heavy (non-hydrogen) atoms. The first-order valence-corrected chi connectivity index (χ1v) is 4.94. The van der Waals surface area contributed by atoms with Crippen molar-refractivity contribution in [3.05, 3.63) is 34.3 Å². The molecule has 68 valence electrons. The maximum Gasteiger partial charge on any atom is 0.200 e. The van der Waals surface area contributed by atoms with Crippen molar-refractivity contribution in [1.82, 2.24) is 9.55 Å². The lowest BCUT2D eigenvalue weighted by atomic mass is 10.3. The second-order valence-corrected chi connectivity index (χ2v) is 4.09. The molecule has 0 amide bonds. The van der Waals surface area contributed by atoms with Gasteiger partial charge in [0.15, 0.2) is 5.95 Å². The highest BCUT2D eigenvalue weighted by Crippen LogP contribution is 2.15. The van der Waals surface area contributed by atoms with E-state index in [1.165, 1.54) is 10.4 Å². The van der Waals surface area contributed by atoms with Crippen LogP contribution < -0.4 is 5.73 Å². The van der Waals surface area contributed by atoms with E-state index in [9.17, 15) is 0 Å². The maximum absolute atomic E-state index is 5.65. The Kier molecular flexibility index (Phi) is 2.06. The Labute approximate surface area is 80.8 Å². The second kappa shape index (κ2) is 3.22. The molecule has 0 saturated carbocycles. The van der Waals surface area contributed by atoms with E-state index in [0.29, 0.717) is 5.95 Å². The smallest absolute Gasteiger partial charge is 0.200 e. The van der Waals surface area contributed by atoms with Gasteiger partial charge in [-0.3, -0.25) is 0 Å². The minimum absolute atomic E-state index is 0.573. The third-order valence-electron chi connectivity index (χ3n) is 1.89. The summed E-state index contributed by atoms with van der Waals surface area (Å²) in [5, 5.41) is 2.15. The summed E-state index contributed by atoms with van der Waals surface area (Å²) >= 11 is 1.76. The molecule has 2 N–H and O–H groups in total. The van der Waals surface area contributed by atoms with Crippen LogP contribution in [0.15, 0.2) is 23.8 Å². The second-order valence-electron chi connectivity index (χ2n) is 2.98. The molecular formula is C9H11N3S. The van der Waals surface area contributed by atoms with E-state index in [-0.39, 0.29) is 0 Å². The molecule has 0 aliphatic carbocycles. The van der Waals surface area contributed by atoms with E-state index < -0.39 is 0 Å². The van der Waals surface area contributed by atoms with Crippen LogP contribution in [0.2, 0.25) is 0 Å². The van der Waals surface area contributed by atoms with Crippen molar-refractivity contribution in [2.75, 3.05) is 5.73 Å². The van der Waals surface area contributed by atoms with Crippen molar-refractivity contribution < 1.29 is 0 Å². The number of hydrogen-bond donors (Lipinski definition) is 1. The summed E-state index contributed by atoms with van der Waals surface area (Å²) in [6, 6.07) is 2.17. The Morgan fingerprint density at radius 3 is 3.00 bits per heavy atom. The highest BCUT2D eigenvalue weighted by Gasteiger charge is 2.00. The number of rotatable bonds is 2. The molecule has 0 radical (unpaired) electrons. The standard InChI is InChI=1S/C9H11N3S/c1-7-4-8(6-13-7)5-12-3-2-11-9(12)10/h2-4,6H,5H2,1H3,(H2,10,11). The highest BCUT2D eigenvalue weighted by molar-refractivity contribution is 7.10. The van der Waals surface area contributed by atoms with Crippen molar-refractivity contribution >= 4 is 17.3 Å². The molecule has 0 saturated heterocycles. The predicted octanol–water partition coefficient (Wildman–Crippen LogP) is 1.88. The van der Waals surface area contributed by atoms with Crippen LogP contribution in [-0.2, 0) is 6.54 Å². The lowest BCUT2D eigenvalue weighted by Crippen LogP contribution is -2.02. The first kappa shape index (κ1) is 8.31. The third kappa shape index (κ3) is 1.72. The van der Waals surface area contributed by atoms with Crippen LogP contribution in [-0.4, -0.2) is 9.55 Å². The van der Waals surface area contributed by atoms with Gasteiger partial charge in [0.1, 0.15) is 0 Å². The number of imidazole rings is 1. The molecule has 2 heterocycles. The zero-order chi connectivity index (χ0) is 9.26. The Hall–Kier alpha value is -1.29. The van der Waals surface area contributed by atoms with Crippen molar-refractivity contribution in [2.45, 2.75) is 13.5 Å². The molecule has 0 aliphatic rings. The normalized spacial score (nSPS) is 10.5. The van der Waals surface area contributed by atoms with E-state index in [1.54, 1.807) is 17.5 Å². The van der Waals surface area contributed by atoms with Gasteiger partial charge in [0.25, 0.3) is 0 Å². The molecule has 2 rings (SSSR count). The summed E-state index contributed by atoms with van der Waals surface area (Å²) in [5.74, 6) is 0.573. The number of anilines is 1. The Balaban J connectivity index is 2.19. The molecule has 2 aromatic rings. The molecule has 0 spiro atoms. The van der Waals surface area contributed by atoms with Crippen LogP contribution in [0, 0.1) is 6.92 Å². The number of hydrogen-bond acceptors (Lipinski definition) is 3. The number of aromatic nitrogens is 2. The average molecular weight is 193 g/mol. The van der Waals surface area contributed by atoms with Gasteiger partial charge in [0.05, 0.1) is 6.54 Å². The van der Waals surface area contributed by atoms with Crippen LogP contribution in [0.3, 0.4) is 0 Å². The molecule has 0 aliphatic heterocycles. The quantitative estimate of drug-likeness (QED) is 0.791. The van der Waals surface area contributed by atoms with Gasteiger partial charge in [-0.1, -0.05) is 0 Å². The summed E-state index contributed by atoms with van der Waals surface area (Å²) in [5.41, 5.74) is 6.93. The Morgan fingerprint density at radius 1 is 1.62 bits per heavy atom. The summed E-state index contributed by atoms with van der Waals surface area (Å²) in [6.07, 6.45) is 3.61. The predicted molar refractivity (Wildman–Crippen MR) is 54.8 cm³/mol. The fraction of sp³-hybridized carbons (Fsp3) is 0.222. The molecular weight excluding hydrogens is 182 g/mol. The number of aryl methyl sites for hydroxylation is 1. The van der Waals surface area contributed by atoms with E-state index in [2.05, 4.69) is 23.4 Å². The first-order chi connectivity index (χ1) is 6.25. The number of nitrogens with two attached hydrogens (primary N) is 1. The van der Waals surface area contributed by atoms with Gasteiger partial charge in [-0.05, 0) is 23.9 Å². The summed E-state index contributed by atoms with van der Waals surface area (Å²) < 4.78 is 1.93. The number of thiophene rings is 1. The third-order valence-corrected chi connectivity index (χ3v) is 2.80. The van der Waals surface area contributed by atoms with Gasteiger partial charge in [-0.25, -0.2) is 4.98 Å². The minimum atomic E-state index is 0.573. The molecule has 0 bridgehead atoms. The van der Waals surface area contributed by atoms with Gasteiger partial charge < -0.3 is 10.3 Å². The lowest BCUT2D eigenvalue weighted by Gasteiger charge is -2.00. The molecule has 4 heteroatoms. The molecule has 0 aromatic carbocycles. The maximum atomic E-state index is 5.65.